The Hall–Kier alpha value is -1.98. The summed E-state index contributed by atoms with van der Waals surface area (Å²) in [6, 6.07) is 1.79. The van der Waals surface area contributed by atoms with Gasteiger partial charge in [0.05, 0.1) is 12.0 Å². The summed E-state index contributed by atoms with van der Waals surface area (Å²) in [5.74, 6) is -3.11. The topological polar surface area (TPSA) is 57.6 Å². The summed E-state index contributed by atoms with van der Waals surface area (Å²) >= 11 is 0. The van der Waals surface area contributed by atoms with Crippen molar-refractivity contribution < 1.29 is 23.5 Å². The monoisotopic (exact) mass is 283 g/mol. The molecule has 1 aliphatic rings. The molecule has 1 N–H and O–H groups in total. The predicted molar refractivity (Wildman–Crippen MR) is 67.4 cm³/mol. The van der Waals surface area contributed by atoms with Gasteiger partial charge in [-0.3, -0.25) is 9.59 Å². The van der Waals surface area contributed by atoms with E-state index in [1.165, 1.54) is 11.8 Å². The molecule has 1 fully saturated rings. The third-order valence-electron chi connectivity index (χ3n) is 3.29. The lowest BCUT2D eigenvalue weighted by molar-refractivity contribution is -0.137. The number of carboxylic acid groups (broad SMARTS) is 1. The van der Waals surface area contributed by atoms with Crippen LogP contribution in [0.1, 0.15) is 35.2 Å². The fourth-order valence-corrected chi connectivity index (χ4v) is 2.02. The Kier molecular flexibility index (Phi) is 4.01. The van der Waals surface area contributed by atoms with Gasteiger partial charge in [0.2, 0.25) is 0 Å². The van der Waals surface area contributed by atoms with Gasteiger partial charge in [-0.2, -0.15) is 0 Å². The van der Waals surface area contributed by atoms with E-state index in [-0.39, 0.29) is 30.1 Å². The summed E-state index contributed by atoms with van der Waals surface area (Å²) in [5, 5.41) is 8.68. The highest BCUT2D eigenvalue weighted by molar-refractivity contribution is 5.95. The molecule has 0 radical (unpaired) electrons. The number of aryl methyl sites for hydroxylation is 1. The molecule has 1 saturated carbocycles. The minimum atomic E-state index is -1.03. The Morgan fingerprint density at radius 3 is 2.50 bits per heavy atom. The smallest absolute Gasteiger partial charge is 0.305 e. The molecular weight excluding hydrogens is 268 g/mol. The Balaban J connectivity index is 2.23. The molecule has 1 aromatic carbocycles. The van der Waals surface area contributed by atoms with Crippen LogP contribution in [0.5, 0.6) is 0 Å². The Morgan fingerprint density at radius 1 is 1.30 bits per heavy atom. The van der Waals surface area contributed by atoms with Gasteiger partial charge in [0.1, 0.15) is 11.6 Å². The maximum atomic E-state index is 13.8. The van der Waals surface area contributed by atoms with Crippen molar-refractivity contribution in [3.8, 4) is 0 Å². The Morgan fingerprint density at radius 2 is 1.95 bits per heavy atom. The maximum absolute atomic E-state index is 13.8. The first-order valence-corrected chi connectivity index (χ1v) is 6.38. The largest absolute Gasteiger partial charge is 0.481 e. The van der Waals surface area contributed by atoms with Crippen LogP contribution in [0.2, 0.25) is 0 Å². The number of nitrogens with zero attached hydrogens (tertiary/aromatic N) is 1. The molecule has 1 aromatic rings. The molecule has 1 amide bonds. The van der Waals surface area contributed by atoms with Crippen molar-refractivity contribution in [3.63, 3.8) is 0 Å². The van der Waals surface area contributed by atoms with Gasteiger partial charge in [0, 0.05) is 12.6 Å². The molecular formula is C14H15F2NO3. The molecule has 0 heterocycles. The molecule has 6 heteroatoms. The van der Waals surface area contributed by atoms with E-state index in [2.05, 4.69) is 0 Å². The van der Waals surface area contributed by atoms with Crippen LogP contribution in [0.15, 0.2) is 12.1 Å². The number of carbonyl (C=O) groups excluding carboxylic acids is 1. The number of rotatable bonds is 5. The van der Waals surface area contributed by atoms with E-state index in [0.29, 0.717) is 0 Å². The van der Waals surface area contributed by atoms with E-state index in [1.807, 2.05) is 0 Å². The molecule has 0 aliphatic heterocycles. The second kappa shape index (κ2) is 5.56. The lowest BCUT2D eigenvalue weighted by atomic mass is 10.1. The van der Waals surface area contributed by atoms with Crippen LogP contribution in [-0.2, 0) is 4.79 Å². The van der Waals surface area contributed by atoms with Gasteiger partial charge in [-0.05, 0) is 37.5 Å². The van der Waals surface area contributed by atoms with Crippen LogP contribution in [0, 0.1) is 18.6 Å². The molecule has 0 bridgehead atoms. The lowest BCUT2D eigenvalue weighted by Gasteiger charge is -2.22. The van der Waals surface area contributed by atoms with E-state index < -0.39 is 23.5 Å². The average Bonchev–Trinajstić information content (AvgIpc) is 3.18. The molecule has 0 aromatic heterocycles. The zero-order valence-electron chi connectivity index (χ0n) is 11.0. The second-order valence-electron chi connectivity index (χ2n) is 4.95. The molecule has 0 spiro atoms. The van der Waals surface area contributed by atoms with Crippen molar-refractivity contribution in [2.75, 3.05) is 6.54 Å². The first-order chi connectivity index (χ1) is 9.40. The predicted octanol–water partition coefficient (Wildman–Crippen LogP) is 2.35. The zero-order chi connectivity index (χ0) is 14.9. The van der Waals surface area contributed by atoms with Crippen molar-refractivity contribution in [1.82, 2.24) is 4.90 Å². The number of carboxylic acids is 1. The summed E-state index contributed by atoms with van der Waals surface area (Å²) in [4.78, 5) is 24.2. The van der Waals surface area contributed by atoms with Crippen LogP contribution in [0.25, 0.3) is 0 Å². The number of halogens is 2. The van der Waals surface area contributed by atoms with E-state index in [0.717, 1.165) is 25.0 Å². The summed E-state index contributed by atoms with van der Waals surface area (Å²) in [5.41, 5.74) is -0.215. The van der Waals surface area contributed by atoms with Crippen molar-refractivity contribution in [2.45, 2.75) is 32.2 Å². The average molecular weight is 283 g/mol. The summed E-state index contributed by atoms with van der Waals surface area (Å²) in [7, 11) is 0. The molecule has 0 unspecified atom stereocenters. The fraction of sp³-hybridized carbons (Fsp3) is 0.429. The standard InChI is InChI=1S/C14H15F2NO3/c1-8-6-12(16)10(7-11(8)15)14(20)17(9-2-3-9)5-4-13(18)19/h6-7,9H,2-5H2,1H3,(H,18,19). The summed E-state index contributed by atoms with van der Waals surface area (Å²) in [6.07, 6.45) is 1.32. The highest BCUT2D eigenvalue weighted by Crippen LogP contribution is 2.29. The van der Waals surface area contributed by atoms with Crippen molar-refractivity contribution in [3.05, 3.63) is 34.9 Å². The molecule has 20 heavy (non-hydrogen) atoms. The van der Waals surface area contributed by atoms with Gasteiger partial charge in [-0.15, -0.1) is 0 Å². The number of amides is 1. The number of hydrogen-bond acceptors (Lipinski definition) is 2. The van der Waals surface area contributed by atoms with Crippen LogP contribution in [0.4, 0.5) is 8.78 Å². The van der Waals surface area contributed by atoms with E-state index in [9.17, 15) is 18.4 Å². The van der Waals surface area contributed by atoms with Gasteiger partial charge in [0.25, 0.3) is 5.91 Å². The van der Waals surface area contributed by atoms with Crippen LogP contribution < -0.4 is 0 Å². The van der Waals surface area contributed by atoms with E-state index in [1.54, 1.807) is 0 Å². The van der Waals surface area contributed by atoms with Crippen molar-refractivity contribution in [2.24, 2.45) is 0 Å². The minimum absolute atomic E-state index is 0.00771. The van der Waals surface area contributed by atoms with Crippen LogP contribution >= 0.6 is 0 Å². The van der Waals surface area contributed by atoms with Gasteiger partial charge in [-0.1, -0.05) is 0 Å². The Labute approximate surface area is 115 Å². The molecule has 0 atom stereocenters. The normalized spacial score (nSPS) is 14.2. The number of hydrogen-bond donors (Lipinski definition) is 1. The van der Waals surface area contributed by atoms with E-state index in [4.69, 9.17) is 5.11 Å². The molecule has 4 nitrogen and oxygen atoms in total. The number of carbonyl (C=O) groups is 2. The van der Waals surface area contributed by atoms with Crippen LogP contribution in [-0.4, -0.2) is 34.5 Å². The third-order valence-corrected chi connectivity index (χ3v) is 3.29. The molecule has 1 aliphatic carbocycles. The minimum Gasteiger partial charge on any atom is -0.481 e. The molecule has 108 valence electrons. The maximum Gasteiger partial charge on any atom is 0.305 e. The lowest BCUT2D eigenvalue weighted by Crippen LogP contribution is -2.35. The third kappa shape index (κ3) is 3.12. The first kappa shape index (κ1) is 14.4. The molecule has 2 rings (SSSR count). The van der Waals surface area contributed by atoms with Gasteiger partial charge in [-0.25, -0.2) is 8.78 Å². The number of aliphatic carboxylic acids is 1. The first-order valence-electron chi connectivity index (χ1n) is 6.38. The fourth-order valence-electron chi connectivity index (χ4n) is 2.02. The van der Waals surface area contributed by atoms with Gasteiger partial charge >= 0.3 is 5.97 Å². The highest BCUT2D eigenvalue weighted by atomic mass is 19.1. The van der Waals surface area contributed by atoms with Gasteiger partial charge in [0.15, 0.2) is 0 Å². The SMILES string of the molecule is Cc1cc(F)c(C(=O)N(CCC(=O)O)C2CC2)cc1F. The van der Waals surface area contributed by atoms with Crippen LogP contribution in [0.3, 0.4) is 0 Å². The highest BCUT2D eigenvalue weighted by Gasteiger charge is 2.34. The van der Waals surface area contributed by atoms with Gasteiger partial charge < -0.3 is 10.0 Å². The summed E-state index contributed by atoms with van der Waals surface area (Å²) in [6.45, 7) is 1.42. The second-order valence-corrected chi connectivity index (χ2v) is 4.95. The van der Waals surface area contributed by atoms with Crippen molar-refractivity contribution >= 4 is 11.9 Å². The Bertz CT molecular complexity index is 556. The quantitative estimate of drug-likeness (QED) is 0.902. The molecule has 0 saturated heterocycles. The summed E-state index contributed by atoms with van der Waals surface area (Å²) < 4.78 is 27.3. The number of benzene rings is 1. The van der Waals surface area contributed by atoms with Crippen molar-refractivity contribution in [1.29, 1.82) is 0 Å². The zero-order valence-corrected chi connectivity index (χ0v) is 11.0. The van der Waals surface area contributed by atoms with E-state index >= 15 is 0 Å².